The first-order valence-electron chi connectivity index (χ1n) is 23.6. The molecule has 0 aliphatic carbocycles. The summed E-state index contributed by atoms with van der Waals surface area (Å²) in [5, 5.41) is 5.13. The monoisotopic (exact) mass is 896 g/mol. The lowest BCUT2D eigenvalue weighted by molar-refractivity contribution is 1.18. The fraction of sp³-hybridized carbons (Fsp3) is 0. The molecule has 0 unspecified atom stereocenters. The topological polar surface area (TPSA) is 8.17 Å². The summed E-state index contributed by atoms with van der Waals surface area (Å²) in [4.78, 5) is 2.43. The summed E-state index contributed by atoms with van der Waals surface area (Å²) in [5.41, 5.74) is 18.6. The van der Waals surface area contributed by atoms with Gasteiger partial charge in [-0.25, -0.2) is 0 Å². The number of nitrogens with zero attached hydrogens (tertiary/aromatic N) is 2. The van der Waals surface area contributed by atoms with Gasteiger partial charge in [0.25, 0.3) is 0 Å². The van der Waals surface area contributed by atoms with E-state index in [-0.39, 0.29) is 0 Å². The van der Waals surface area contributed by atoms with Gasteiger partial charge in [-0.15, -0.1) is 11.3 Å². The lowest BCUT2D eigenvalue weighted by atomic mass is 9.88. The number of thiophene rings is 1. The van der Waals surface area contributed by atoms with Crippen LogP contribution in [0.15, 0.2) is 267 Å². The first-order chi connectivity index (χ1) is 34.2. The van der Waals surface area contributed by atoms with Crippen molar-refractivity contribution in [2.45, 2.75) is 0 Å². The van der Waals surface area contributed by atoms with Crippen molar-refractivity contribution in [1.82, 2.24) is 4.57 Å². The van der Waals surface area contributed by atoms with Crippen molar-refractivity contribution >= 4 is 70.4 Å². The van der Waals surface area contributed by atoms with E-state index in [1.54, 1.807) is 0 Å². The van der Waals surface area contributed by atoms with Crippen molar-refractivity contribution in [2.75, 3.05) is 4.90 Å². The van der Waals surface area contributed by atoms with Gasteiger partial charge in [-0.2, -0.15) is 0 Å². The second-order valence-electron chi connectivity index (χ2n) is 17.6. The molecule has 0 saturated heterocycles. The number of anilines is 3. The zero-order valence-electron chi connectivity index (χ0n) is 37.7. The molecule has 0 fully saturated rings. The van der Waals surface area contributed by atoms with Crippen LogP contribution in [0.3, 0.4) is 0 Å². The highest BCUT2D eigenvalue weighted by atomic mass is 32.1. The molecule has 0 amide bonds. The van der Waals surface area contributed by atoms with Gasteiger partial charge in [0, 0.05) is 53.4 Å². The number of para-hydroxylation sites is 4. The Morgan fingerprint density at radius 2 is 0.725 bits per heavy atom. The second kappa shape index (κ2) is 17.2. The second-order valence-corrected chi connectivity index (χ2v) is 18.7. The van der Waals surface area contributed by atoms with E-state index in [0.29, 0.717) is 0 Å². The number of benzene rings is 11. The van der Waals surface area contributed by atoms with Gasteiger partial charge in [0.2, 0.25) is 0 Å². The molecule has 2 nitrogen and oxygen atoms in total. The Bertz CT molecular complexity index is 3960. The van der Waals surface area contributed by atoms with E-state index >= 15 is 0 Å². The Balaban J connectivity index is 0.956. The minimum absolute atomic E-state index is 1.07. The molecule has 69 heavy (non-hydrogen) atoms. The smallest absolute Gasteiger partial charge is 0.0541 e. The SMILES string of the molecule is c1ccc(-c2ccccc2-c2ccccc2-c2ccccc2N(c2ccc(-c3ccc4sc5ccccc5c4c3)cc2)c2ccc(-c3ccccc3-n3c4ccccc4c4ccccc43)cc2)cc1. The minimum Gasteiger partial charge on any atom is -0.310 e. The first kappa shape index (κ1) is 40.5. The van der Waals surface area contributed by atoms with Crippen molar-refractivity contribution in [1.29, 1.82) is 0 Å². The van der Waals surface area contributed by atoms with Crippen molar-refractivity contribution < 1.29 is 0 Å². The fourth-order valence-corrected chi connectivity index (χ4v) is 11.5. The summed E-state index contributed by atoms with van der Waals surface area (Å²) in [6.45, 7) is 0. The molecule has 0 N–H and O–H groups in total. The standard InChI is InChI=1S/C66H44N2S/c1-2-18-46(19-3-1)51-20-4-5-22-53(51)54-23-6-7-24-55(54)56-25-9-14-30-62(56)67(49-39-34-45(35-40-49)48-38-43-66-60(44-48)59-28-12-17-33-65(59)69-66)50-41-36-47(37-42-50)52-21-8-13-29-61(52)68-63-31-15-10-26-57(63)58-27-11-16-32-64(58)68/h1-44H. The molecule has 3 heteroatoms. The molecule has 0 atom stereocenters. The molecule has 324 valence electrons. The van der Waals surface area contributed by atoms with E-state index in [2.05, 4.69) is 276 Å². The number of rotatable bonds is 9. The fourth-order valence-electron chi connectivity index (χ4n) is 10.5. The summed E-state index contributed by atoms with van der Waals surface area (Å²) < 4.78 is 5.05. The van der Waals surface area contributed by atoms with Gasteiger partial charge in [0.1, 0.15) is 0 Å². The van der Waals surface area contributed by atoms with Crippen LogP contribution in [-0.4, -0.2) is 4.57 Å². The average Bonchev–Trinajstić information content (AvgIpc) is 3.97. The van der Waals surface area contributed by atoms with Gasteiger partial charge < -0.3 is 9.47 Å². The summed E-state index contributed by atoms with van der Waals surface area (Å²) in [6, 6.07) is 97.4. The molecule has 0 radical (unpaired) electrons. The molecular weight excluding hydrogens is 853 g/mol. The summed E-state index contributed by atoms with van der Waals surface area (Å²) in [7, 11) is 0. The molecule has 0 bridgehead atoms. The predicted octanol–water partition coefficient (Wildman–Crippen LogP) is 19.0. The maximum atomic E-state index is 2.43. The normalized spacial score (nSPS) is 11.5. The molecule has 13 rings (SSSR count). The minimum atomic E-state index is 1.07. The van der Waals surface area contributed by atoms with Crippen LogP contribution in [-0.2, 0) is 0 Å². The van der Waals surface area contributed by atoms with Gasteiger partial charge in [0.05, 0.1) is 22.4 Å². The van der Waals surface area contributed by atoms with E-state index in [0.717, 1.165) is 33.9 Å². The molecule has 0 saturated carbocycles. The largest absolute Gasteiger partial charge is 0.310 e. The van der Waals surface area contributed by atoms with Gasteiger partial charge >= 0.3 is 0 Å². The van der Waals surface area contributed by atoms with Crippen LogP contribution < -0.4 is 4.90 Å². The number of hydrogen-bond donors (Lipinski definition) is 0. The highest BCUT2D eigenvalue weighted by Crippen LogP contribution is 2.46. The third-order valence-electron chi connectivity index (χ3n) is 13.7. The number of hydrogen-bond acceptors (Lipinski definition) is 2. The predicted molar refractivity (Wildman–Crippen MR) is 296 cm³/mol. The van der Waals surface area contributed by atoms with E-state index in [1.807, 2.05) is 11.3 Å². The lowest BCUT2D eigenvalue weighted by Crippen LogP contribution is -2.11. The number of aromatic nitrogens is 1. The summed E-state index contributed by atoms with van der Waals surface area (Å²) in [6.07, 6.45) is 0. The summed E-state index contributed by atoms with van der Waals surface area (Å²) >= 11 is 1.86. The van der Waals surface area contributed by atoms with Gasteiger partial charge in [-0.1, -0.05) is 200 Å². The quantitative estimate of drug-likeness (QED) is 0.140. The van der Waals surface area contributed by atoms with Crippen LogP contribution in [0.5, 0.6) is 0 Å². The molecule has 2 aromatic heterocycles. The van der Waals surface area contributed by atoms with E-state index in [9.17, 15) is 0 Å². The van der Waals surface area contributed by atoms with E-state index < -0.39 is 0 Å². The zero-order chi connectivity index (χ0) is 45.7. The molecule has 2 heterocycles. The van der Waals surface area contributed by atoms with Crippen LogP contribution in [0.25, 0.3) is 103 Å². The Labute approximate surface area is 405 Å². The molecular formula is C66H44N2S. The average molecular weight is 897 g/mol. The van der Waals surface area contributed by atoms with Crippen LogP contribution in [0, 0.1) is 0 Å². The van der Waals surface area contributed by atoms with Crippen molar-refractivity contribution in [3.05, 3.63) is 267 Å². The van der Waals surface area contributed by atoms with Gasteiger partial charge in [-0.05, 0) is 111 Å². The number of fused-ring (bicyclic) bond motifs is 6. The Kier molecular flexibility index (Phi) is 10.1. The maximum Gasteiger partial charge on any atom is 0.0541 e. The van der Waals surface area contributed by atoms with Crippen LogP contribution in [0.2, 0.25) is 0 Å². The van der Waals surface area contributed by atoms with Crippen LogP contribution in [0.4, 0.5) is 17.1 Å². The van der Waals surface area contributed by atoms with Crippen LogP contribution >= 0.6 is 11.3 Å². The molecule has 13 aromatic rings. The molecule has 0 aliphatic rings. The Morgan fingerprint density at radius 3 is 1.41 bits per heavy atom. The summed E-state index contributed by atoms with van der Waals surface area (Å²) in [5.74, 6) is 0. The maximum absolute atomic E-state index is 2.43. The van der Waals surface area contributed by atoms with Crippen LogP contribution in [0.1, 0.15) is 0 Å². The Morgan fingerprint density at radius 1 is 0.275 bits per heavy atom. The van der Waals surface area contributed by atoms with Gasteiger partial charge in [0.15, 0.2) is 0 Å². The molecule has 0 aliphatic heterocycles. The lowest BCUT2D eigenvalue weighted by Gasteiger charge is -2.29. The van der Waals surface area contributed by atoms with Crippen molar-refractivity contribution in [2.24, 2.45) is 0 Å². The van der Waals surface area contributed by atoms with E-state index in [4.69, 9.17) is 0 Å². The van der Waals surface area contributed by atoms with Crippen molar-refractivity contribution in [3.8, 4) is 61.3 Å². The third-order valence-corrected chi connectivity index (χ3v) is 14.8. The molecule has 0 spiro atoms. The van der Waals surface area contributed by atoms with Crippen molar-refractivity contribution in [3.63, 3.8) is 0 Å². The highest BCUT2D eigenvalue weighted by Gasteiger charge is 2.22. The molecule has 11 aromatic carbocycles. The Hall–Kier alpha value is -8.76. The first-order valence-corrected chi connectivity index (χ1v) is 24.4. The zero-order valence-corrected chi connectivity index (χ0v) is 38.5. The van der Waals surface area contributed by atoms with Gasteiger partial charge in [-0.3, -0.25) is 0 Å². The third kappa shape index (κ3) is 7.11. The highest BCUT2D eigenvalue weighted by molar-refractivity contribution is 7.25. The van der Waals surface area contributed by atoms with E-state index in [1.165, 1.54) is 86.5 Å².